The number of nitrogens with two attached hydrogens (primary N) is 1. The highest BCUT2D eigenvalue weighted by atomic mass is 16.5. The van der Waals surface area contributed by atoms with Crippen LogP contribution in [0.2, 0.25) is 0 Å². The van der Waals surface area contributed by atoms with Crippen LogP contribution < -0.4 is 5.84 Å². The molecule has 0 aromatic heterocycles. The van der Waals surface area contributed by atoms with Crippen molar-refractivity contribution < 1.29 is 5.21 Å². The van der Waals surface area contributed by atoms with E-state index in [0.717, 1.165) is 0 Å². The topological polar surface area (TPSA) is 73.3 Å². The Morgan fingerprint density at radius 2 is 2.20 bits per heavy atom. The second-order valence-electron chi connectivity index (χ2n) is 0.445. The summed E-state index contributed by atoms with van der Waals surface area (Å²) in [6, 6.07) is 0. The first-order valence-electron chi connectivity index (χ1n) is 0.905. The fraction of sp³-hybridized carbons (Fsp3) is 0. The summed E-state index contributed by atoms with van der Waals surface area (Å²) in [6.07, 6.45) is 1.19. The van der Waals surface area contributed by atoms with E-state index >= 15 is 0 Å². The first-order valence-corrected chi connectivity index (χ1v) is 0.905. The van der Waals surface area contributed by atoms with Crippen molar-refractivity contribution >= 4 is 0 Å². The van der Waals surface area contributed by atoms with Crippen LogP contribution in [0.3, 0.4) is 0 Å². The molecular weight excluding hydrogens is 70.0 g/mol. The van der Waals surface area contributed by atoms with Gasteiger partial charge in [0, 0.05) is 0 Å². The van der Waals surface area contributed by atoms with Gasteiger partial charge in [-0.05, 0) is 0 Å². The maximum Gasteiger partial charge on any atom is 0.222 e. The van der Waals surface area contributed by atoms with Crippen molar-refractivity contribution in [3.8, 4) is 6.19 Å². The van der Waals surface area contributed by atoms with Gasteiger partial charge in [-0.1, -0.05) is 0 Å². The Balaban J connectivity index is 2.94. The summed E-state index contributed by atoms with van der Waals surface area (Å²) < 4.78 is 0. The van der Waals surface area contributed by atoms with Gasteiger partial charge in [-0.3, -0.25) is 5.21 Å². The van der Waals surface area contributed by atoms with E-state index in [-0.39, 0.29) is 5.17 Å². The lowest BCUT2D eigenvalue weighted by molar-refractivity contribution is -0.0319. The molecule has 0 spiro atoms. The van der Waals surface area contributed by atoms with E-state index in [9.17, 15) is 0 Å². The van der Waals surface area contributed by atoms with Crippen molar-refractivity contribution in [3.63, 3.8) is 0 Å². The standard InChI is InChI=1S/CH3N3O/c2-1-4(3)5/h5H,3H2. The number of hydrazine groups is 1. The molecule has 4 heteroatoms. The van der Waals surface area contributed by atoms with Gasteiger partial charge in [0.25, 0.3) is 0 Å². The minimum atomic E-state index is -0.0694. The van der Waals surface area contributed by atoms with E-state index in [1.54, 1.807) is 0 Å². The van der Waals surface area contributed by atoms with E-state index in [1.807, 2.05) is 0 Å². The summed E-state index contributed by atoms with van der Waals surface area (Å²) in [4.78, 5) is 0. The molecule has 0 heterocycles. The molecule has 4 nitrogen and oxygen atoms in total. The van der Waals surface area contributed by atoms with Crippen LogP contribution >= 0.6 is 0 Å². The second-order valence-corrected chi connectivity index (χ2v) is 0.445. The van der Waals surface area contributed by atoms with Gasteiger partial charge in [0.05, 0.1) is 0 Å². The average Bonchev–Trinajstić information content (AvgIpc) is 1.38. The van der Waals surface area contributed by atoms with Crippen LogP contribution in [0.25, 0.3) is 0 Å². The van der Waals surface area contributed by atoms with E-state index in [4.69, 9.17) is 10.5 Å². The Morgan fingerprint density at radius 1 is 2.00 bits per heavy atom. The maximum absolute atomic E-state index is 7.61. The molecule has 0 saturated heterocycles. The van der Waals surface area contributed by atoms with Crippen LogP contribution in [0.1, 0.15) is 0 Å². The lowest BCUT2D eigenvalue weighted by Gasteiger charge is -1.87. The third-order valence-corrected chi connectivity index (χ3v) is 0.102. The highest BCUT2D eigenvalue weighted by Crippen LogP contribution is 1.47. The summed E-state index contributed by atoms with van der Waals surface area (Å²) in [7, 11) is 0. The summed E-state index contributed by atoms with van der Waals surface area (Å²) >= 11 is 0. The molecule has 0 unspecified atom stereocenters. The Hall–Kier alpha value is -0.790. The molecule has 3 N–H and O–H groups in total. The third-order valence-electron chi connectivity index (χ3n) is 0.102. The molecule has 0 aliphatic heterocycles. The molecule has 0 aromatic carbocycles. The van der Waals surface area contributed by atoms with Gasteiger partial charge < -0.3 is 0 Å². The Labute approximate surface area is 28.9 Å². The van der Waals surface area contributed by atoms with Gasteiger partial charge >= 0.3 is 0 Å². The summed E-state index contributed by atoms with van der Waals surface area (Å²) in [6.45, 7) is 0. The molecule has 0 saturated carbocycles. The second kappa shape index (κ2) is 1.52. The maximum atomic E-state index is 7.61. The summed E-state index contributed by atoms with van der Waals surface area (Å²) in [5.74, 6) is 4.32. The molecule has 0 atom stereocenters. The smallest absolute Gasteiger partial charge is 0.222 e. The fourth-order valence-electron chi connectivity index (χ4n) is 0. The number of rotatable bonds is 0. The van der Waals surface area contributed by atoms with Crippen LogP contribution in [-0.2, 0) is 0 Å². The molecule has 0 amide bonds. The van der Waals surface area contributed by atoms with Crippen molar-refractivity contribution in [2.45, 2.75) is 0 Å². The SMILES string of the molecule is N#CN(N)O. The zero-order valence-corrected chi connectivity index (χ0v) is 2.42. The number of nitrogens with zero attached hydrogens (tertiary/aromatic N) is 2. The molecule has 28 valence electrons. The van der Waals surface area contributed by atoms with Crippen LogP contribution in [-0.4, -0.2) is 10.4 Å². The fourth-order valence-corrected chi connectivity index (χ4v) is 0. The zero-order chi connectivity index (χ0) is 4.28. The monoisotopic (exact) mass is 73.0 g/mol. The molecule has 0 radical (unpaired) electrons. The largest absolute Gasteiger partial charge is 0.264 e. The molecule has 5 heavy (non-hydrogen) atoms. The van der Waals surface area contributed by atoms with Gasteiger partial charge in [0.2, 0.25) is 6.19 Å². The number of hydrogen-bond donors (Lipinski definition) is 2. The van der Waals surface area contributed by atoms with Gasteiger partial charge in [-0.2, -0.15) is 5.26 Å². The third kappa shape index (κ3) is 3.21. The van der Waals surface area contributed by atoms with Crippen molar-refractivity contribution in [2.24, 2.45) is 5.84 Å². The minimum Gasteiger partial charge on any atom is -0.264 e. The molecule has 0 aromatic rings. The normalized spacial score (nSPS) is 5.80. The van der Waals surface area contributed by atoms with E-state index in [0.29, 0.717) is 0 Å². The lowest BCUT2D eigenvalue weighted by Crippen LogP contribution is -2.19. The highest BCUT2D eigenvalue weighted by Gasteiger charge is 1.69. The van der Waals surface area contributed by atoms with Crippen molar-refractivity contribution in [3.05, 3.63) is 0 Å². The van der Waals surface area contributed by atoms with Crippen LogP contribution in [0, 0.1) is 11.5 Å². The molecule has 0 bridgehead atoms. The Morgan fingerprint density at radius 3 is 2.20 bits per heavy atom. The Bertz CT molecular complexity index is 52.4. The van der Waals surface area contributed by atoms with E-state index < -0.39 is 0 Å². The van der Waals surface area contributed by atoms with Crippen LogP contribution in [0.15, 0.2) is 0 Å². The van der Waals surface area contributed by atoms with Crippen LogP contribution in [0.4, 0.5) is 0 Å². The Kier molecular flexibility index (Phi) is 1.28. The quantitative estimate of drug-likeness (QED) is 0.167. The first-order chi connectivity index (χ1) is 2.27. The minimum absolute atomic E-state index is 0.0694. The average molecular weight is 73.1 g/mol. The molecular formula is CH3N3O. The van der Waals surface area contributed by atoms with E-state index in [2.05, 4.69) is 5.84 Å². The van der Waals surface area contributed by atoms with Crippen molar-refractivity contribution in [2.75, 3.05) is 0 Å². The van der Waals surface area contributed by atoms with Gasteiger partial charge in [0.15, 0.2) is 0 Å². The van der Waals surface area contributed by atoms with Gasteiger partial charge in [0.1, 0.15) is 0 Å². The predicted molar refractivity (Wildman–Crippen MR) is 13.4 cm³/mol. The molecule has 0 rings (SSSR count). The number of hydroxylamine groups is 1. The summed E-state index contributed by atoms with van der Waals surface area (Å²) in [5, 5.41) is 15.0. The number of nitriles is 1. The highest BCUT2D eigenvalue weighted by molar-refractivity contribution is 4.52. The predicted octanol–water partition coefficient (Wildman–Crippen LogP) is -0.968. The van der Waals surface area contributed by atoms with Crippen LogP contribution in [0.5, 0.6) is 0 Å². The summed E-state index contributed by atoms with van der Waals surface area (Å²) in [5.41, 5.74) is 0. The van der Waals surface area contributed by atoms with E-state index in [1.165, 1.54) is 6.19 Å². The first kappa shape index (κ1) is 4.21. The lowest BCUT2D eigenvalue weighted by atomic mass is 11.4. The number of hydrogen-bond acceptors (Lipinski definition) is 4. The zero-order valence-electron chi connectivity index (χ0n) is 2.42. The molecule has 0 fully saturated rings. The van der Waals surface area contributed by atoms with Gasteiger partial charge in [-0.15, -0.1) is 5.17 Å². The van der Waals surface area contributed by atoms with Gasteiger partial charge in [-0.25, -0.2) is 5.84 Å². The molecule has 0 aliphatic carbocycles. The van der Waals surface area contributed by atoms with Crippen molar-refractivity contribution in [1.82, 2.24) is 5.17 Å². The molecule has 0 aliphatic rings. The van der Waals surface area contributed by atoms with Crippen molar-refractivity contribution in [1.29, 1.82) is 5.26 Å².